The van der Waals surface area contributed by atoms with E-state index in [1.807, 2.05) is 26.1 Å². The van der Waals surface area contributed by atoms with E-state index >= 15 is 0 Å². The van der Waals surface area contributed by atoms with Crippen LogP contribution in [0.25, 0.3) is 0 Å². The van der Waals surface area contributed by atoms with Gasteiger partial charge >= 0.3 is 0 Å². The first-order valence-electron chi connectivity index (χ1n) is 5.26. The van der Waals surface area contributed by atoms with Gasteiger partial charge in [-0.05, 0) is 17.5 Å². The third-order valence-electron chi connectivity index (χ3n) is 2.22. The summed E-state index contributed by atoms with van der Waals surface area (Å²) >= 11 is 0. The first-order valence-corrected chi connectivity index (χ1v) is 5.26. The molecule has 3 heteroatoms. The van der Waals surface area contributed by atoms with Gasteiger partial charge in [0.05, 0.1) is 11.9 Å². The van der Waals surface area contributed by atoms with Crippen LogP contribution in [0.15, 0.2) is 18.5 Å². The lowest BCUT2D eigenvalue weighted by molar-refractivity contribution is -0.118. The molecule has 1 aromatic rings. The van der Waals surface area contributed by atoms with Crippen molar-refractivity contribution in [3.63, 3.8) is 0 Å². The van der Waals surface area contributed by atoms with Gasteiger partial charge in [0.1, 0.15) is 0 Å². The molecular formula is C12H18N2O. The summed E-state index contributed by atoms with van der Waals surface area (Å²) < 4.78 is 0. The van der Waals surface area contributed by atoms with Crippen LogP contribution in [-0.4, -0.2) is 10.9 Å². The molecule has 0 aliphatic rings. The fourth-order valence-corrected chi connectivity index (χ4v) is 1.13. The number of carbonyl (C=O) groups is 1. The smallest absolute Gasteiger partial charge is 0.226 e. The lowest BCUT2D eigenvalue weighted by Gasteiger charge is -2.10. The second-order valence-corrected chi connectivity index (χ2v) is 4.31. The van der Waals surface area contributed by atoms with Crippen LogP contribution in [0.5, 0.6) is 0 Å². The summed E-state index contributed by atoms with van der Waals surface area (Å²) in [4.78, 5) is 15.6. The molecule has 0 atom stereocenters. The fraction of sp³-hybridized carbons (Fsp3) is 0.500. The number of aromatic nitrogens is 1. The number of hydrogen-bond donors (Lipinski definition) is 1. The average molecular weight is 206 g/mol. The molecule has 1 amide bonds. The second-order valence-electron chi connectivity index (χ2n) is 4.31. The lowest BCUT2D eigenvalue weighted by atomic mass is 10.1. The Kier molecular flexibility index (Phi) is 3.83. The van der Waals surface area contributed by atoms with Crippen molar-refractivity contribution in [2.24, 2.45) is 5.92 Å². The third kappa shape index (κ3) is 3.35. The van der Waals surface area contributed by atoms with Gasteiger partial charge in [-0.15, -0.1) is 0 Å². The number of hydrogen-bond acceptors (Lipinski definition) is 2. The maximum absolute atomic E-state index is 11.5. The molecule has 0 aliphatic heterocycles. The highest BCUT2D eigenvalue weighted by molar-refractivity contribution is 5.91. The molecule has 0 bridgehead atoms. The van der Waals surface area contributed by atoms with Crippen molar-refractivity contribution in [2.75, 3.05) is 5.32 Å². The largest absolute Gasteiger partial charge is 0.324 e. The predicted molar refractivity (Wildman–Crippen MR) is 61.8 cm³/mol. The maximum atomic E-state index is 11.5. The van der Waals surface area contributed by atoms with Gasteiger partial charge in [0, 0.05) is 12.1 Å². The van der Waals surface area contributed by atoms with E-state index in [1.165, 1.54) is 0 Å². The van der Waals surface area contributed by atoms with Gasteiger partial charge in [-0.2, -0.15) is 0 Å². The van der Waals surface area contributed by atoms with E-state index in [0.29, 0.717) is 5.92 Å². The van der Waals surface area contributed by atoms with E-state index in [1.54, 1.807) is 6.20 Å². The molecule has 1 heterocycles. The Morgan fingerprint density at radius 3 is 2.47 bits per heavy atom. The Hall–Kier alpha value is -1.38. The Morgan fingerprint density at radius 1 is 1.27 bits per heavy atom. The van der Waals surface area contributed by atoms with Crippen molar-refractivity contribution in [1.29, 1.82) is 0 Å². The van der Waals surface area contributed by atoms with Crippen LogP contribution >= 0.6 is 0 Å². The minimum Gasteiger partial charge on any atom is -0.324 e. The van der Waals surface area contributed by atoms with Crippen molar-refractivity contribution in [1.82, 2.24) is 4.98 Å². The molecule has 0 radical (unpaired) electrons. The molecule has 0 saturated carbocycles. The van der Waals surface area contributed by atoms with E-state index in [2.05, 4.69) is 24.1 Å². The number of pyridine rings is 1. The van der Waals surface area contributed by atoms with Gasteiger partial charge in [-0.1, -0.05) is 27.7 Å². The minimum atomic E-state index is -0.00675. The molecule has 0 saturated heterocycles. The summed E-state index contributed by atoms with van der Waals surface area (Å²) in [6, 6.07) is 1.97. The van der Waals surface area contributed by atoms with Gasteiger partial charge in [0.15, 0.2) is 0 Å². The van der Waals surface area contributed by atoms with Crippen LogP contribution in [0.3, 0.4) is 0 Å². The average Bonchev–Trinajstić information content (AvgIpc) is 2.18. The highest BCUT2D eigenvalue weighted by atomic mass is 16.1. The monoisotopic (exact) mass is 206 g/mol. The maximum Gasteiger partial charge on any atom is 0.226 e. The van der Waals surface area contributed by atoms with Gasteiger partial charge in [-0.3, -0.25) is 9.78 Å². The summed E-state index contributed by atoms with van der Waals surface area (Å²) in [7, 11) is 0. The molecular weight excluding hydrogens is 188 g/mol. The summed E-state index contributed by atoms with van der Waals surface area (Å²) in [5.41, 5.74) is 1.91. The number of carbonyl (C=O) groups excluding carboxylic acids is 1. The Morgan fingerprint density at radius 2 is 1.93 bits per heavy atom. The fourth-order valence-electron chi connectivity index (χ4n) is 1.13. The molecule has 0 unspecified atom stereocenters. The zero-order chi connectivity index (χ0) is 11.4. The molecule has 82 valence electrons. The van der Waals surface area contributed by atoms with Crippen molar-refractivity contribution < 1.29 is 4.79 Å². The number of nitrogens with one attached hydrogen (secondary N) is 1. The van der Waals surface area contributed by atoms with Crippen molar-refractivity contribution in [2.45, 2.75) is 33.6 Å². The van der Waals surface area contributed by atoms with Gasteiger partial charge in [0.25, 0.3) is 0 Å². The van der Waals surface area contributed by atoms with Crippen LogP contribution < -0.4 is 5.32 Å². The zero-order valence-electron chi connectivity index (χ0n) is 9.74. The van der Waals surface area contributed by atoms with E-state index < -0.39 is 0 Å². The SMILES string of the molecule is CC(C)C(=O)Nc1cncc(C(C)C)c1. The molecule has 1 aromatic heterocycles. The zero-order valence-corrected chi connectivity index (χ0v) is 9.74. The molecule has 1 N–H and O–H groups in total. The molecule has 3 nitrogen and oxygen atoms in total. The summed E-state index contributed by atoms with van der Waals surface area (Å²) in [5.74, 6) is 0.443. The highest BCUT2D eigenvalue weighted by Gasteiger charge is 2.08. The number of anilines is 1. The molecule has 0 aliphatic carbocycles. The Labute approximate surface area is 90.9 Å². The van der Waals surface area contributed by atoms with E-state index in [-0.39, 0.29) is 11.8 Å². The predicted octanol–water partition coefficient (Wildman–Crippen LogP) is 2.80. The minimum absolute atomic E-state index is 0.00675. The van der Waals surface area contributed by atoms with Crippen LogP contribution in [0.4, 0.5) is 5.69 Å². The number of nitrogens with zero attached hydrogens (tertiary/aromatic N) is 1. The quantitative estimate of drug-likeness (QED) is 0.826. The van der Waals surface area contributed by atoms with Gasteiger partial charge < -0.3 is 5.32 Å². The molecule has 0 fully saturated rings. The van der Waals surface area contributed by atoms with Crippen LogP contribution in [0.1, 0.15) is 39.2 Å². The van der Waals surface area contributed by atoms with Crippen LogP contribution in [0.2, 0.25) is 0 Å². The van der Waals surface area contributed by atoms with Crippen molar-refractivity contribution >= 4 is 11.6 Å². The van der Waals surface area contributed by atoms with Crippen LogP contribution in [-0.2, 0) is 4.79 Å². The Balaban J connectivity index is 2.78. The number of amides is 1. The molecule has 0 aromatic carbocycles. The molecule has 1 rings (SSSR count). The molecule has 0 spiro atoms. The van der Waals surface area contributed by atoms with Crippen LogP contribution in [0, 0.1) is 5.92 Å². The second kappa shape index (κ2) is 4.91. The summed E-state index contributed by atoms with van der Waals surface area (Å²) in [6.45, 7) is 7.94. The van der Waals surface area contributed by atoms with E-state index in [9.17, 15) is 4.79 Å². The molecule has 15 heavy (non-hydrogen) atoms. The number of rotatable bonds is 3. The van der Waals surface area contributed by atoms with Gasteiger partial charge in [0.2, 0.25) is 5.91 Å². The van der Waals surface area contributed by atoms with Crippen molar-refractivity contribution in [3.8, 4) is 0 Å². The first-order chi connectivity index (χ1) is 7.00. The summed E-state index contributed by atoms with van der Waals surface area (Å²) in [6.07, 6.45) is 3.50. The van der Waals surface area contributed by atoms with Gasteiger partial charge in [-0.25, -0.2) is 0 Å². The normalized spacial score (nSPS) is 10.8. The van der Waals surface area contributed by atoms with E-state index in [4.69, 9.17) is 0 Å². The highest BCUT2D eigenvalue weighted by Crippen LogP contribution is 2.17. The third-order valence-corrected chi connectivity index (χ3v) is 2.22. The van der Waals surface area contributed by atoms with E-state index in [0.717, 1.165) is 11.3 Å². The Bertz CT molecular complexity index is 345. The summed E-state index contributed by atoms with van der Waals surface area (Å²) in [5, 5.41) is 2.84. The lowest BCUT2D eigenvalue weighted by Crippen LogP contribution is -2.17. The first kappa shape index (κ1) is 11.7. The standard InChI is InChI=1S/C12H18N2O/c1-8(2)10-5-11(7-13-6-10)14-12(15)9(3)4/h5-9H,1-4H3,(H,14,15). The van der Waals surface area contributed by atoms with Crippen molar-refractivity contribution in [3.05, 3.63) is 24.0 Å². The topological polar surface area (TPSA) is 42.0 Å².